The Balaban J connectivity index is 2.10. The number of methoxy groups -OCH3 is 2. The molecule has 3 rings (SSSR count). The Bertz CT molecular complexity index is 810. The topological polar surface area (TPSA) is 52.6 Å². The van der Waals surface area contributed by atoms with Gasteiger partial charge < -0.3 is 9.47 Å². The lowest BCUT2D eigenvalue weighted by Crippen LogP contribution is -2.43. The van der Waals surface area contributed by atoms with Crippen LogP contribution in [0.15, 0.2) is 53.0 Å². The van der Waals surface area contributed by atoms with Gasteiger partial charge in [0.1, 0.15) is 0 Å². The zero-order valence-corrected chi connectivity index (χ0v) is 17.3. The van der Waals surface area contributed by atoms with Crippen molar-refractivity contribution >= 4 is 27.9 Å². The van der Waals surface area contributed by atoms with Gasteiger partial charge in [-0.25, -0.2) is 0 Å². The summed E-state index contributed by atoms with van der Waals surface area (Å²) in [5.74, 6) is -1.30. The molecule has 0 bridgehead atoms. The lowest BCUT2D eigenvalue weighted by Gasteiger charge is -2.30. The van der Waals surface area contributed by atoms with Gasteiger partial charge >= 0.3 is 11.9 Å². The molecular weight excluding hydrogens is 408 g/mol. The van der Waals surface area contributed by atoms with E-state index >= 15 is 0 Å². The molecule has 5 heteroatoms. The second kappa shape index (κ2) is 7.85. The van der Waals surface area contributed by atoms with E-state index in [2.05, 4.69) is 40.2 Å². The van der Waals surface area contributed by atoms with Crippen molar-refractivity contribution in [3.63, 3.8) is 0 Å². The van der Waals surface area contributed by atoms with Gasteiger partial charge in [-0.05, 0) is 48.9 Å². The fourth-order valence-corrected chi connectivity index (χ4v) is 4.47. The van der Waals surface area contributed by atoms with Crippen molar-refractivity contribution in [1.29, 1.82) is 0 Å². The molecule has 2 atom stereocenters. The standard InChI is InChI=1S/C22H23BrO4/c1-14-4-6-15(7-5-14)17-12-19(16-8-10-18(23)11-9-16)22(13-17,20(24)26-2)21(25)27-3/h4-11,17,19H,12-13H2,1-3H3. The molecule has 0 aliphatic heterocycles. The second-order valence-corrected chi connectivity index (χ2v) is 8.02. The number of benzene rings is 2. The van der Waals surface area contributed by atoms with Crippen LogP contribution in [0.4, 0.5) is 0 Å². The first-order valence-corrected chi connectivity index (χ1v) is 9.70. The van der Waals surface area contributed by atoms with Crippen LogP contribution in [-0.2, 0) is 19.1 Å². The Morgan fingerprint density at radius 1 is 0.926 bits per heavy atom. The summed E-state index contributed by atoms with van der Waals surface area (Å²) in [6.07, 6.45) is 1.05. The quantitative estimate of drug-likeness (QED) is 0.518. The van der Waals surface area contributed by atoms with Crippen LogP contribution in [0.5, 0.6) is 0 Å². The van der Waals surface area contributed by atoms with Gasteiger partial charge in [0.15, 0.2) is 5.41 Å². The molecular formula is C22H23BrO4. The molecule has 1 aliphatic carbocycles. The number of halogens is 1. The number of ether oxygens (including phenoxy) is 2. The molecule has 142 valence electrons. The number of aryl methyl sites for hydroxylation is 1. The van der Waals surface area contributed by atoms with E-state index in [0.29, 0.717) is 12.8 Å². The van der Waals surface area contributed by atoms with Crippen molar-refractivity contribution in [1.82, 2.24) is 0 Å². The Morgan fingerprint density at radius 3 is 1.96 bits per heavy atom. The summed E-state index contributed by atoms with van der Waals surface area (Å²) < 4.78 is 11.1. The molecule has 2 unspecified atom stereocenters. The molecule has 1 saturated carbocycles. The van der Waals surface area contributed by atoms with E-state index < -0.39 is 17.4 Å². The largest absolute Gasteiger partial charge is 0.468 e. The van der Waals surface area contributed by atoms with Crippen LogP contribution in [0, 0.1) is 12.3 Å². The van der Waals surface area contributed by atoms with Gasteiger partial charge in [-0.1, -0.05) is 57.9 Å². The average Bonchev–Trinajstić information content (AvgIpc) is 3.09. The van der Waals surface area contributed by atoms with Crippen LogP contribution in [0.3, 0.4) is 0 Å². The number of hydrogen-bond donors (Lipinski definition) is 0. The van der Waals surface area contributed by atoms with E-state index in [1.807, 2.05) is 31.2 Å². The van der Waals surface area contributed by atoms with Gasteiger partial charge in [0, 0.05) is 10.4 Å². The van der Waals surface area contributed by atoms with E-state index in [-0.39, 0.29) is 11.8 Å². The molecule has 0 radical (unpaired) electrons. The highest BCUT2D eigenvalue weighted by molar-refractivity contribution is 9.10. The third kappa shape index (κ3) is 3.53. The lowest BCUT2D eigenvalue weighted by atomic mass is 9.74. The van der Waals surface area contributed by atoms with E-state index in [4.69, 9.17) is 9.47 Å². The highest BCUT2D eigenvalue weighted by Crippen LogP contribution is 2.56. The summed E-state index contributed by atoms with van der Waals surface area (Å²) in [7, 11) is 2.65. The molecule has 0 saturated heterocycles. The van der Waals surface area contributed by atoms with Crippen LogP contribution < -0.4 is 0 Å². The number of rotatable bonds is 4. The Labute approximate surface area is 168 Å². The average molecular weight is 431 g/mol. The minimum Gasteiger partial charge on any atom is -0.468 e. The first kappa shape index (κ1) is 19.6. The van der Waals surface area contributed by atoms with Gasteiger partial charge in [0.25, 0.3) is 0 Å². The SMILES string of the molecule is COC(=O)C1(C(=O)OC)CC(c2ccc(C)cc2)CC1c1ccc(Br)cc1. The van der Waals surface area contributed by atoms with E-state index in [0.717, 1.165) is 15.6 Å². The van der Waals surface area contributed by atoms with E-state index in [9.17, 15) is 9.59 Å². The molecule has 1 fully saturated rings. The minimum absolute atomic E-state index is 0.0671. The molecule has 4 nitrogen and oxygen atoms in total. The monoisotopic (exact) mass is 430 g/mol. The zero-order chi connectivity index (χ0) is 19.6. The fraction of sp³-hybridized carbons (Fsp3) is 0.364. The molecule has 0 heterocycles. The van der Waals surface area contributed by atoms with Crippen LogP contribution >= 0.6 is 15.9 Å². The van der Waals surface area contributed by atoms with Crippen molar-refractivity contribution < 1.29 is 19.1 Å². The summed E-state index contributed by atoms with van der Waals surface area (Å²) in [5, 5.41) is 0. The van der Waals surface area contributed by atoms with Gasteiger partial charge in [0.2, 0.25) is 0 Å². The van der Waals surface area contributed by atoms with Gasteiger partial charge in [-0.15, -0.1) is 0 Å². The normalized spacial score (nSPS) is 20.9. The lowest BCUT2D eigenvalue weighted by molar-refractivity contribution is -0.170. The fourth-order valence-electron chi connectivity index (χ4n) is 4.21. The molecule has 2 aromatic rings. The molecule has 0 spiro atoms. The summed E-state index contributed by atoms with van der Waals surface area (Å²) in [6.45, 7) is 2.04. The second-order valence-electron chi connectivity index (χ2n) is 7.11. The van der Waals surface area contributed by atoms with Crippen molar-refractivity contribution in [3.8, 4) is 0 Å². The van der Waals surface area contributed by atoms with E-state index in [1.54, 1.807) is 0 Å². The van der Waals surface area contributed by atoms with Crippen LogP contribution in [-0.4, -0.2) is 26.2 Å². The predicted molar refractivity (Wildman–Crippen MR) is 107 cm³/mol. The molecule has 1 aliphatic rings. The third-order valence-electron chi connectivity index (χ3n) is 5.60. The third-order valence-corrected chi connectivity index (χ3v) is 6.13. The number of carbonyl (C=O) groups excluding carboxylic acids is 2. The Hall–Kier alpha value is -2.14. The smallest absolute Gasteiger partial charge is 0.323 e. The summed E-state index contributed by atoms with van der Waals surface area (Å²) in [4.78, 5) is 25.8. The molecule has 0 aromatic heterocycles. The molecule has 0 N–H and O–H groups in total. The summed E-state index contributed by atoms with van der Waals surface area (Å²) in [6, 6.07) is 16.0. The number of carbonyl (C=O) groups is 2. The Kier molecular flexibility index (Phi) is 5.70. The molecule has 0 amide bonds. The first-order chi connectivity index (χ1) is 12.9. The van der Waals surface area contributed by atoms with E-state index in [1.165, 1.54) is 19.8 Å². The summed E-state index contributed by atoms with van der Waals surface area (Å²) in [5.41, 5.74) is 1.89. The number of esters is 2. The van der Waals surface area contributed by atoms with Crippen LogP contribution in [0.1, 0.15) is 41.4 Å². The molecule has 2 aromatic carbocycles. The maximum atomic E-state index is 12.9. The Morgan fingerprint density at radius 2 is 1.44 bits per heavy atom. The minimum atomic E-state index is -1.34. The maximum absolute atomic E-state index is 12.9. The highest BCUT2D eigenvalue weighted by atomic mass is 79.9. The van der Waals surface area contributed by atoms with Crippen LogP contribution in [0.2, 0.25) is 0 Å². The zero-order valence-electron chi connectivity index (χ0n) is 15.7. The van der Waals surface area contributed by atoms with Crippen molar-refractivity contribution in [2.45, 2.75) is 31.6 Å². The van der Waals surface area contributed by atoms with Gasteiger partial charge in [0.05, 0.1) is 14.2 Å². The first-order valence-electron chi connectivity index (χ1n) is 8.91. The van der Waals surface area contributed by atoms with Gasteiger partial charge in [-0.2, -0.15) is 0 Å². The molecule has 27 heavy (non-hydrogen) atoms. The van der Waals surface area contributed by atoms with Gasteiger partial charge in [-0.3, -0.25) is 9.59 Å². The highest BCUT2D eigenvalue weighted by Gasteiger charge is 2.60. The van der Waals surface area contributed by atoms with Crippen molar-refractivity contribution in [3.05, 3.63) is 69.7 Å². The predicted octanol–water partition coefficient (Wildman–Crippen LogP) is 4.75. The van der Waals surface area contributed by atoms with Crippen molar-refractivity contribution in [2.75, 3.05) is 14.2 Å². The van der Waals surface area contributed by atoms with Crippen molar-refractivity contribution in [2.24, 2.45) is 5.41 Å². The van der Waals surface area contributed by atoms with Crippen LogP contribution in [0.25, 0.3) is 0 Å². The number of hydrogen-bond acceptors (Lipinski definition) is 4. The maximum Gasteiger partial charge on any atom is 0.323 e. The summed E-state index contributed by atoms with van der Waals surface area (Å²) >= 11 is 3.44.